The molecule has 0 aliphatic rings. The average molecular weight is 270 g/mol. The normalized spacial score (nSPS) is 12.4. The van der Waals surface area contributed by atoms with Crippen molar-refractivity contribution in [1.29, 1.82) is 0 Å². The zero-order valence-electron chi connectivity index (χ0n) is 12.4. The highest BCUT2D eigenvalue weighted by molar-refractivity contribution is 5.54. The molecule has 0 aromatic carbocycles. The zero-order valence-corrected chi connectivity index (χ0v) is 12.4. The highest BCUT2D eigenvalue weighted by Gasteiger charge is 2.11. The number of pyridine rings is 1. The van der Waals surface area contributed by atoms with Gasteiger partial charge in [0.2, 0.25) is 0 Å². The largest absolute Gasteiger partial charge is 0.327 e. The van der Waals surface area contributed by atoms with Crippen molar-refractivity contribution in [2.75, 3.05) is 0 Å². The van der Waals surface area contributed by atoms with Crippen LogP contribution in [-0.4, -0.2) is 21.0 Å². The Morgan fingerprint density at radius 2 is 2.05 bits per heavy atom. The third kappa shape index (κ3) is 3.39. The van der Waals surface area contributed by atoms with Crippen molar-refractivity contribution in [2.24, 2.45) is 5.73 Å². The molecule has 2 heterocycles. The minimum atomic E-state index is 0.145. The minimum Gasteiger partial charge on any atom is -0.327 e. The van der Waals surface area contributed by atoms with Gasteiger partial charge in [-0.15, -0.1) is 0 Å². The van der Waals surface area contributed by atoms with Crippen LogP contribution in [0.1, 0.15) is 37.2 Å². The highest BCUT2D eigenvalue weighted by atomic mass is 14.9. The summed E-state index contributed by atoms with van der Waals surface area (Å²) in [6, 6.07) is 6.18. The molecule has 0 saturated heterocycles. The van der Waals surface area contributed by atoms with E-state index >= 15 is 0 Å². The fourth-order valence-electron chi connectivity index (χ4n) is 2.18. The first-order chi connectivity index (χ1) is 9.63. The second-order valence-electron chi connectivity index (χ2n) is 5.06. The molecule has 2 aromatic heterocycles. The van der Waals surface area contributed by atoms with Crippen molar-refractivity contribution in [3.05, 3.63) is 41.3 Å². The van der Waals surface area contributed by atoms with E-state index in [0.29, 0.717) is 5.82 Å². The van der Waals surface area contributed by atoms with Gasteiger partial charge in [-0.3, -0.25) is 4.98 Å². The average Bonchev–Trinajstić information content (AvgIpc) is 2.46. The van der Waals surface area contributed by atoms with Gasteiger partial charge in [-0.05, 0) is 37.5 Å². The predicted molar refractivity (Wildman–Crippen MR) is 81.3 cm³/mol. The van der Waals surface area contributed by atoms with Crippen molar-refractivity contribution < 1.29 is 0 Å². The molecule has 0 fully saturated rings. The standard InChI is InChI=1S/C16H22N4/c1-4-12-7-6-8-18-15(12)16-19-11(3)9-14(20-16)10-13(17)5-2/h6-9,13H,4-5,10,17H2,1-3H3. The molecule has 0 amide bonds. The molecule has 1 unspecified atom stereocenters. The molecule has 4 nitrogen and oxygen atoms in total. The molecule has 2 aromatic rings. The smallest absolute Gasteiger partial charge is 0.178 e. The molecule has 0 bridgehead atoms. The highest BCUT2D eigenvalue weighted by Crippen LogP contribution is 2.19. The number of nitrogens with zero attached hydrogens (tertiary/aromatic N) is 3. The summed E-state index contributed by atoms with van der Waals surface area (Å²) < 4.78 is 0. The van der Waals surface area contributed by atoms with Crippen molar-refractivity contribution in [3.8, 4) is 11.5 Å². The lowest BCUT2D eigenvalue weighted by molar-refractivity contribution is 0.635. The molecular weight excluding hydrogens is 248 g/mol. The Bertz CT molecular complexity index is 580. The Morgan fingerprint density at radius 1 is 1.25 bits per heavy atom. The van der Waals surface area contributed by atoms with Gasteiger partial charge in [0.1, 0.15) is 5.69 Å². The van der Waals surface area contributed by atoms with E-state index in [9.17, 15) is 0 Å². The van der Waals surface area contributed by atoms with E-state index in [1.165, 1.54) is 5.56 Å². The van der Waals surface area contributed by atoms with E-state index in [2.05, 4.69) is 34.9 Å². The number of aryl methyl sites for hydroxylation is 2. The quantitative estimate of drug-likeness (QED) is 0.907. The Labute approximate surface area is 120 Å². The van der Waals surface area contributed by atoms with Crippen molar-refractivity contribution in [2.45, 2.75) is 46.1 Å². The van der Waals surface area contributed by atoms with Crippen molar-refractivity contribution >= 4 is 0 Å². The van der Waals surface area contributed by atoms with E-state index in [1.807, 2.05) is 19.1 Å². The summed E-state index contributed by atoms with van der Waals surface area (Å²) in [4.78, 5) is 13.6. The maximum absolute atomic E-state index is 6.02. The molecule has 4 heteroatoms. The Kier molecular flexibility index (Phi) is 4.79. The van der Waals surface area contributed by atoms with Crippen LogP contribution in [0, 0.1) is 6.92 Å². The van der Waals surface area contributed by atoms with Crippen LogP contribution in [-0.2, 0) is 12.8 Å². The molecule has 106 valence electrons. The molecule has 0 aliphatic heterocycles. The monoisotopic (exact) mass is 270 g/mol. The molecule has 20 heavy (non-hydrogen) atoms. The molecule has 0 spiro atoms. The van der Waals surface area contributed by atoms with Gasteiger partial charge in [0, 0.05) is 30.0 Å². The first-order valence-corrected chi connectivity index (χ1v) is 7.18. The van der Waals surface area contributed by atoms with Gasteiger partial charge in [-0.2, -0.15) is 0 Å². The Morgan fingerprint density at radius 3 is 2.75 bits per heavy atom. The van der Waals surface area contributed by atoms with Crippen molar-refractivity contribution in [3.63, 3.8) is 0 Å². The van der Waals surface area contributed by atoms with Gasteiger partial charge in [-0.25, -0.2) is 9.97 Å². The number of nitrogens with two attached hydrogens (primary N) is 1. The molecule has 1 atom stereocenters. The third-order valence-electron chi connectivity index (χ3n) is 3.39. The summed E-state index contributed by atoms with van der Waals surface area (Å²) in [5.41, 5.74) is 10.0. The van der Waals surface area contributed by atoms with Crippen LogP contribution in [0.15, 0.2) is 24.4 Å². The maximum atomic E-state index is 6.02. The molecule has 0 aliphatic carbocycles. The van der Waals surface area contributed by atoms with Gasteiger partial charge >= 0.3 is 0 Å². The first-order valence-electron chi connectivity index (χ1n) is 7.18. The van der Waals surface area contributed by atoms with Gasteiger partial charge < -0.3 is 5.73 Å². The summed E-state index contributed by atoms with van der Waals surface area (Å²) >= 11 is 0. The summed E-state index contributed by atoms with van der Waals surface area (Å²) in [7, 11) is 0. The number of aromatic nitrogens is 3. The lowest BCUT2D eigenvalue weighted by Gasteiger charge is -2.11. The van der Waals surface area contributed by atoms with Crippen molar-refractivity contribution in [1.82, 2.24) is 15.0 Å². The van der Waals surface area contributed by atoms with E-state index in [0.717, 1.165) is 36.3 Å². The van der Waals surface area contributed by atoms with Crippen LogP contribution < -0.4 is 5.73 Å². The lowest BCUT2D eigenvalue weighted by atomic mass is 10.1. The number of rotatable bonds is 5. The SMILES string of the molecule is CCc1cccnc1-c1nc(C)cc(CC(N)CC)n1. The van der Waals surface area contributed by atoms with Crippen LogP contribution in [0.4, 0.5) is 0 Å². The molecule has 0 saturated carbocycles. The molecule has 2 rings (SSSR count). The second-order valence-corrected chi connectivity index (χ2v) is 5.06. The summed E-state index contributed by atoms with van der Waals surface area (Å²) in [5, 5.41) is 0. The van der Waals surface area contributed by atoms with E-state index in [1.54, 1.807) is 6.20 Å². The van der Waals surface area contributed by atoms with Gasteiger partial charge in [-0.1, -0.05) is 19.9 Å². The van der Waals surface area contributed by atoms with Crippen LogP contribution in [0.2, 0.25) is 0 Å². The predicted octanol–water partition coefficient (Wildman–Crippen LogP) is 2.69. The lowest BCUT2D eigenvalue weighted by Crippen LogP contribution is -2.22. The van der Waals surface area contributed by atoms with E-state index < -0.39 is 0 Å². The van der Waals surface area contributed by atoms with Crippen LogP contribution >= 0.6 is 0 Å². The summed E-state index contributed by atoms with van der Waals surface area (Å²) in [6.07, 6.45) is 4.44. The molecular formula is C16H22N4. The van der Waals surface area contributed by atoms with Crippen LogP contribution in [0.25, 0.3) is 11.5 Å². The van der Waals surface area contributed by atoms with Gasteiger partial charge in [0.25, 0.3) is 0 Å². The molecule has 2 N–H and O–H groups in total. The van der Waals surface area contributed by atoms with Gasteiger partial charge in [0.15, 0.2) is 5.82 Å². The molecule has 0 radical (unpaired) electrons. The Hall–Kier alpha value is -1.81. The third-order valence-corrected chi connectivity index (χ3v) is 3.39. The maximum Gasteiger partial charge on any atom is 0.178 e. The fraction of sp³-hybridized carbons (Fsp3) is 0.438. The van der Waals surface area contributed by atoms with E-state index in [4.69, 9.17) is 5.73 Å². The minimum absolute atomic E-state index is 0.145. The van der Waals surface area contributed by atoms with Gasteiger partial charge in [0.05, 0.1) is 0 Å². The summed E-state index contributed by atoms with van der Waals surface area (Å²) in [6.45, 7) is 6.19. The number of hydrogen-bond acceptors (Lipinski definition) is 4. The van der Waals surface area contributed by atoms with Crippen LogP contribution in [0.5, 0.6) is 0 Å². The first kappa shape index (κ1) is 14.6. The Balaban J connectivity index is 2.41. The van der Waals surface area contributed by atoms with Crippen LogP contribution in [0.3, 0.4) is 0 Å². The number of hydrogen-bond donors (Lipinski definition) is 1. The van der Waals surface area contributed by atoms with E-state index in [-0.39, 0.29) is 6.04 Å². The summed E-state index contributed by atoms with van der Waals surface area (Å²) in [5.74, 6) is 0.709. The fourth-order valence-corrected chi connectivity index (χ4v) is 2.18. The zero-order chi connectivity index (χ0) is 14.5. The topological polar surface area (TPSA) is 64.7 Å². The second kappa shape index (κ2) is 6.57.